The first-order chi connectivity index (χ1) is 16.3. The monoisotopic (exact) mass is 498 g/mol. The van der Waals surface area contributed by atoms with Crippen LogP contribution < -0.4 is 15.6 Å². The Bertz CT molecular complexity index is 1590. The number of amides is 1. The molecule has 176 valence electrons. The SMILES string of the molecule is C=CCn1c(=O)c2ccccc2n2c(SCC(=O)Nc3ccc(C)c(S(=O)(=O)NC)c3)nnc12. The number of hydrogen-bond acceptors (Lipinski definition) is 7. The number of para-hydroxylation sites is 1. The average molecular weight is 499 g/mol. The molecule has 0 bridgehead atoms. The zero-order chi connectivity index (χ0) is 24.5. The Balaban J connectivity index is 1.61. The Morgan fingerprint density at radius 2 is 1.97 bits per heavy atom. The lowest BCUT2D eigenvalue weighted by Gasteiger charge is -2.11. The number of sulfonamides is 1. The number of hydrogen-bond donors (Lipinski definition) is 2. The third-order valence-electron chi connectivity index (χ3n) is 5.15. The summed E-state index contributed by atoms with van der Waals surface area (Å²) >= 11 is 1.15. The molecular formula is C22H22N6O4S2. The highest BCUT2D eigenvalue weighted by Crippen LogP contribution is 2.23. The van der Waals surface area contributed by atoms with E-state index >= 15 is 0 Å². The number of allylic oxidation sites excluding steroid dienone is 1. The van der Waals surface area contributed by atoms with E-state index in [-0.39, 0.29) is 28.7 Å². The predicted octanol–water partition coefficient (Wildman–Crippen LogP) is 2.18. The molecule has 10 nitrogen and oxygen atoms in total. The minimum atomic E-state index is -3.66. The Labute approximate surface area is 199 Å². The average Bonchev–Trinajstić information content (AvgIpc) is 3.25. The van der Waals surface area contributed by atoms with Gasteiger partial charge in [-0.1, -0.05) is 36.0 Å². The molecule has 0 fully saturated rings. The van der Waals surface area contributed by atoms with Crippen LogP contribution in [0.15, 0.2) is 70.0 Å². The number of nitrogens with one attached hydrogen (secondary N) is 2. The second-order valence-corrected chi connectivity index (χ2v) is 10.2. The minimum absolute atomic E-state index is 0.00229. The topological polar surface area (TPSA) is 127 Å². The summed E-state index contributed by atoms with van der Waals surface area (Å²) < 4.78 is 29.9. The molecule has 12 heteroatoms. The quantitative estimate of drug-likeness (QED) is 0.282. The maximum Gasteiger partial charge on any atom is 0.263 e. The van der Waals surface area contributed by atoms with E-state index in [2.05, 4.69) is 26.8 Å². The molecule has 0 atom stereocenters. The maximum atomic E-state index is 12.9. The highest BCUT2D eigenvalue weighted by molar-refractivity contribution is 7.99. The van der Waals surface area contributed by atoms with Crippen LogP contribution in [0.25, 0.3) is 16.7 Å². The number of thioether (sulfide) groups is 1. The normalized spacial score (nSPS) is 11.7. The van der Waals surface area contributed by atoms with E-state index in [9.17, 15) is 18.0 Å². The number of rotatable bonds is 8. The van der Waals surface area contributed by atoms with Crippen LogP contribution >= 0.6 is 11.8 Å². The van der Waals surface area contributed by atoms with Gasteiger partial charge >= 0.3 is 0 Å². The molecule has 0 radical (unpaired) electrons. The number of benzene rings is 2. The van der Waals surface area contributed by atoms with Crippen LogP contribution in [0.5, 0.6) is 0 Å². The highest BCUT2D eigenvalue weighted by Gasteiger charge is 2.18. The van der Waals surface area contributed by atoms with Crippen molar-refractivity contribution in [3.05, 3.63) is 71.0 Å². The van der Waals surface area contributed by atoms with Gasteiger partial charge in [-0.3, -0.25) is 18.6 Å². The predicted molar refractivity (Wildman–Crippen MR) is 132 cm³/mol. The second-order valence-electron chi connectivity index (χ2n) is 7.36. The van der Waals surface area contributed by atoms with Crippen molar-refractivity contribution in [3.8, 4) is 0 Å². The molecule has 0 aliphatic rings. The van der Waals surface area contributed by atoms with Crippen molar-refractivity contribution >= 4 is 50.1 Å². The zero-order valence-corrected chi connectivity index (χ0v) is 20.1. The molecular weight excluding hydrogens is 476 g/mol. The van der Waals surface area contributed by atoms with Crippen LogP contribution in [0.4, 0.5) is 5.69 Å². The fourth-order valence-corrected chi connectivity index (χ4v) is 5.26. The van der Waals surface area contributed by atoms with Crippen molar-refractivity contribution < 1.29 is 13.2 Å². The summed E-state index contributed by atoms with van der Waals surface area (Å²) in [6.07, 6.45) is 1.61. The van der Waals surface area contributed by atoms with Crippen molar-refractivity contribution in [2.45, 2.75) is 23.5 Å². The van der Waals surface area contributed by atoms with E-state index in [1.54, 1.807) is 47.7 Å². The standard InChI is InChI=1S/C22H22N6O4S2/c1-4-11-27-20(30)16-7-5-6-8-17(16)28-21(27)25-26-22(28)33-13-19(29)24-15-10-9-14(2)18(12-15)34(31,32)23-3/h4-10,12,23H,1,11,13H2,2-3H3,(H,24,29). The molecule has 0 saturated heterocycles. The van der Waals surface area contributed by atoms with Crippen LogP contribution in [0.2, 0.25) is 0 Å². The fraction of sp³-hybridized carbons (Fsp3) is 0.182. The Kier molecular flexibility index (Phi) is 6.55. The van der Waals surface area contributed by atoms with Gasteiger partial charge in [-0.15, -0.1) is 16.8 Å². The van der Waals surface area contributed by atoms with Gasteiger partial charge in [0.2, 0.25) is 21.7 Å². The molecule has 0 spiro atoms. The lowest BCUT2D eigenvalue weighted by molar-refractivity contribution is -0.113. The van der Waals surface area contributed by atoms with E-state index in [1.807, 2.05) is 6.07 Å². The first kappa shape index (κ1) is 23.7. The third kappa shape index (κ3) is 4.34. The van der Waals surface area contributed by atoms with Gasteiger partial charge in [0, 0.05) is 12.2 Å². The minimum Gasteiger partial charge on any atom is -0.325 e. The lowest BCUT2D eigenvalue weighted by atomic mass is 10.2. The maximum absolute atomic E-state index is 12.9. The summed E-state index contributed by atoms with van der Waals surface area (Å²) in [5.41, 5.74) is 1.36. The number of fused-ring (bicyclic) bond motifs is 3. The van der Waals surface area contributed by atoms with Gasteiger partial charge in [0.05, 0.1) is 21.6 Å². The molecule has 0 aliphatic carbocycles. The first-order valence-electron chi connectivity index (χ1n) is 10.2. The summed E-state index contributed by atoms with van der Waals surface area (Å²) in [7, 11) is -2.32. The molecule has 2 aromatic heterocycles. The molecule has 4 rings (SSSR count). The number of nitrogens with zero attached hydrogens (tertiary/aromatic N) is 4. The number of carbonyl (C=O) groups is 1. The van der Waals surface area contributed by atoms with Crippen LogP contribution in [0.3, 0.4) is 0 Å². The Morgan fingerprint density at radius 3 is 2.71 bits per heavy atom. The largest absolute Gasteiger partial charge is 0.325 e. The summed E-state index contributed by atoms with van der Waals surface area (Å²) in [6.45, 7) is 5.65. The van der Waals surface area contributed by atoms with Gasteiger partial charge in [-0.05, 0) is 43.8 Å². The molecule has 4 aromatic rings. The number of aryl methyl sites for hydroxylation is 1. The summed E-state index contributed by atoms with van der Waals surface area (Å²) in [4.78, 5) is 25.6. The summed E-state index contributed by atoms with van der Waals surface area (Å²) in [6, 6.07) is 11.8. The number of anilines is 1. The van der Waals surface area contributed by atoms with E-state index in [0.717, 1.165) is 11.8 Å². The third-order valence-corrected chi connectivity index (χ3v) is 7.64. The van der Waals surface area contributed by atoms with Crippen molar-refractivity contribution in [3.63, 3.8) is 0 Å². The van der Waals surface area contributed by atoms with Gasteiger partial charge in [-0.2, -0.15) is 0 Å². The summed E-state index contributed by atoms with van der Waals surface area (Å²) in [5.74, 6) is 0.00612. The van der Waals surface area contributed by atoms with Gasteiger partial charge in [0.25, 0.3) is 5.56 Å². The van der Waals surface area contributed by atoms with Crippen LogP contribution in [0.1, 0.15) is 5.56 Å². The van der Waals surface area contributed by atoms with Gasteiger partial charge < -0.3 is 5.32 Å². The van der Waals surface area contributed by atoms with Crippen LogP contribution in [-0.4, -0.2) is 46.3 Å². The van der Waals surface area contributed by atoms with Gasteiger partial charge in [0.15, 0.2) is 5.16 Å². The highest BCUT2D eigenvalue weighted by atomic mass is 32.2. The smallest absolute Gasteiger partial charge is 0.263 e. The van der Waals surface area contributed by atoms with E-state index in [4.69, 9.17) is 0 Å². The summed E-state index contributed by atoms with van der Waals surface area (Å²) in [5, 5.41) is 12.0. The van der Waals surface area contributed by atoms with E-state index in [1.165, 1.54) is 17.7 Å². The zero-order valence-electron chi connectivity index (χ0n) is 18.5. The van der Waals surface area contributed by atoms with Gasteiger partial charge in [0.1, 0.15) is 0 Å². The first-order valence-corrected chi connectivity index (χ1v) is 12.7. The molecule has 1 amide bonds. The van der Waals surface area contributed by atoms with E-state index < -0.39 is 10.0 Å². The number of carbonyl (C=O) groups excluding carboxylic acids is 1. The molecule has 2 N–H and O–H groups in total. The molecule has 0 aliphatic heterocycles. The lowest BCUT2D eigenvalue weighted by Crippen LogP contribution is -2.23. The molecule has 0 unspecified atom stereocenters. The van der Waals surface area contributed by atoms with Crippen LogP contribution in [-0.2, 0) is 21.4 Å². The molecule has 0 saturated carbocycles. The second kappa shape index (κ2) is 9.41. The van der Waals surface area contributed by atoms with Crippen LogP contribution in [0, 0.1) is 6.92 Å². The Hall–Kier alpha value is -3.48. The molecule has 2 heterocycles. The molecule has 34 heavy (non-hydrogen) atoms. The van der Waals surface area contributed by atoms with Crippen molar-refractivity contribution in [1.29, 1.82) is 0 Å². The Morgan fingerprint density at radius 1 is 1.21 bits per heavy atom. The van der Waals surface area contributed by atoms with Crippen molar-refractivity contribution in [1.82, 2.24) is 23.9 Å². The fourth-order valence-electron chi connectivity index (χ4n) is 3.53. The van der Waals surface area contributed by atoms with E-state index in [0.29, 0.717) is 33.1 Å². The molecule has 2 aromatic carbocycles. The number of aromatic nitrogens is 4. The van der Waals surface area contributed by atoms with Crippen molar-refractivity contribution in [2.75, 3.05) is 18.1 Å². The van der Waals surface area contributed by atoms with Gasteiger partial charge in [-0.25, -0.2) is 13.1 Å². The van der Waals surface area contributed by atoms with Crippen molar-refractivity contribution in [2.24, 2.45) is 0 Å².